The van der Waals surface area contributed by atoms with Gasteiger partial charge in [0, 0.05) is 24.2 Å². The van der Waals surface area contributed by atoms with Crippen molar-refractivity contribution < 1.29 is 31.1 Å². The summed E-state index contributed by atoms with van der Waals surface area (Å²) in [6, 6.07) is 12.1. The molecule has 0 radical (unpaired) electrons. The number of amidine groups is 1. The number of halogens is 3. The molecule has 1 unspecified atom stereocenters. The molecule has 2 aliphatic heterocycles. The number of likely N-dealkylation sites (tertiary alicyclic amines) is 1. The standard InChI is InChI=1S/C22H21F3N2O4S/c1-14-6-8-15(9-7-14)19(22(23,24)25)31-21(28)16-10-12-27(13-11-16)20-17-4-2-3-5-18(17)32(29,30)26-20/h2-9,16,19H,10-13H2,1H3. The van der Waals surface area contributed by atoms with Gasteiger partial charge in [0.05, 0.1) is 5.92 Å². The summed E-state index contributed by atoms with van der Waals surface area (Å²) in [5.74, 6) is -1.32. The third-order valence-electron chi connectivity index (χ3n) is 5.65. The molecule has 2 aromatic rings. The maximum absolute atomic E-state index is 13.6. The third-order valence-corrected chi connectivity index (χ3v) is 6.98. The van der Waals surface area contributed by atoms with Gasteiger partial charge in [0.25, 0.3) is 10.0 Å². The number of hydrogen-bond acceptors (Lipinski definition) is 5. The summed E-state index contributed by atoms with van der Waals surface area (Å²) < 4.78 is 74.0. The zero-order valence-electron chi connectivity index (χ0n) is 17.2. The highest BCUT2D eigenvalue weighted by molar-refractivity contribution is 7.90. The normalized spacial score (nSPS) is 19.2. The Morgan fingerprint density at radius 2 is 1.72 bits per heavy atom. The Kier molecular flexibility index (Phi) is 5.74. The van der Waals surface area contributed by atoms with Gasteiger partial charge in [-0.3, -0.25) is 4.79 Å². The molecule has 0 saturated carbocycles. The number of nitrogens with zero attached hydrogens (tertiary/aromatic N) is 2. The number of piperidine rings is 1. The van der Waals surface area contributed by atoms with Gasteiger partial charge in [-0.15, -0.1) is 4.40 Å². The molecule has 0 spiro atoms. The Morgan fingerprint density at radius 1 is 1.09 bits per heavy atom. The minimum absolute atomic E-state index is 0.127. The van der Waals surface area contributed by atoms with Gasteiger partial charge in [-0.05, 0) is 31.9 Å². The number of esters is 1. The van der Waals surface area contributed by atoms with Gasteiger partial charge in [-0.25, -0.2) is 0 Å². The van der Waals surface area contributed by atoms with Crippen molar-refractivity contribution in [2.45, 2.75) is 36.9 Å². The first kappa shape index (κ1) is 22.3. The van der Waals surface area contributed by atoms with E-state index < -0.39 is 34.2 Å². The monoisotopic (exact) mass is 466 g/mol. The maximum atomic E-state index is 13.6. The minimum atomic E-state index is -4.73. The number of alkyl halides is 3. The first-order valence-electron chi connectivity index (χ1n) is 10.1. The Labute approximate surface area is 183 Å². The number of sulfonamides is 1. The zero-order chi connectivity index (χ0) is 23.1. The summed E-state index contributed by atoms with van der Waals surface area (Å²) >= 11 is 0. The van der Waals surface area contributed by atoms with Crippen LogP contribution in [0.4, 0.5) is 13.2 Å². The van der Waals surface area contributed by atoms with Crippen molar-refractivity contribution in [2.75, 3.05) is 13.1 Å². The molecule has 0 N–H and O–H groups in total. The van der Waals surface area contributed by atoms with Gasteiger partial charge in [0.1, 0.15) is 4.90 Å². The van der Waals surface area contributed by atoms with Crippen LogP contribution in [0.25, 0.3) is 0 Å². The van der Waals surface area contributed by atoms with Crippen molar-refractivity contribution in [2.24, 2.45) is 10.3 Å². The predicted octanol–water partition coefficient (Wildman–Crippen LogP) is 4.00. The van der Waals surface area contributed by atoms with Crippen molar-refractivity contribution in [1.82, 2.24) is 4.90 Å². The number of carbonyl (C=O) groups excluding carboxylic acids is 1. The van der Waals surface area contributed by atoms with Crippen molar-refractivity contribution >= 4 is 21.8 Å². The molecule has 2 heterocycles. The van der Waals surface area contributed by atoms with E-state index in [1.54, 1.807) is 30.0 Å². The quantitative estimate of drug-likeness (QED) is 0.639. The van der Waals surface area contributed by atoms with Gasteiger partial charge >= 0.3 is 12.1 Å². The number of aryl methyl sites for hydroxylation is 1. The second-order valence-electron chi connectivity index (χ2n) is 7.92. The van der Waals surface area contributed by atoms with Crippen molar-refractivity contribution in [3.63, 3.8) is 0 Å². The van der Waals surface area contributed by atoms with E-state index in [0.29, 0.717) is 11.4 Å². The topological polar surface area (TPSA) is 76.0 Å². The summed E-state index contributed by atoms with van der Waals surface area (Å²) in [4.78, 5) is 14.4. The van der Waals surface area contributed by atoms with Gasteiger partial charge < -0.3 is 9.64 Å². The van der Waals surface area contributed by atoms with Crippen molar-refractivity contribution in [1.29, 1.82) is 0 Å². The van der Waals surface area contributed by atoms with E-state index in [-0.39, 0.29) is 36.4 Å². The van der Waals surface area contributed by atoms with Crippen LogP contribution in [-0.2, 0) is 19.6 Å². The Morgan fingerprint density at radius 3 is 2.34 bits per heavy atom. The van der Waals surface area contributed by atoms with E-state index >= 15 is 0 Å². The first-order valence-corrected chi connectivity index (χ1v) is 11.5. The van der Waals surface area contributed by atoms with Crippen LogP contribution < -0.4 is 0 Å². The summed E-state index contributed by atoms with van der Waals surface area (Å²) in [6.07, 6.45) is -6.59. The molecule has 1 atom stereocenters. The lowest BCUT2D eigenvalue weighted by Gasteiger charge is -2.33. The highest BCUT2D eigenvalue weighted by atomic mass is 32.2. The largest absolute Gasteiger partial charge is 0.447 e. The van der Waals surface area contributed by atoms with E-state index in [4.69, 9.17) is 4.74 Å². The molecule has 10 heteroatoms. The van der Waals surface area contributed by atoms with Crippen LogP contribution in [0, 0.1) is 12.8 Å². The molecule has 6 nitrogen and oxygen atoms in total. The van der Waals surface area contributed by atoms with Crippen molar-refractivity contribution in [3.8, 4) is 0 Å². The molecule has 2 aromatic carbocycles. The molecular formula is C22H21F3N2O4S. The molecule has 4 rings (SSSR count). The van der Waals surface area contributed by atoms with Gasteiger partial charge in [-0.1, -0.05) is 42.0 Å². The fourth-order valence-electron chi connectivity index (χ4n) is 3.92. The summed E-state index contributed by atoms with van der Waals surface area (Å²) in [5, 5.41) is 0. The highest BCUT2D eigenvalue weighted by Crippen LogP contribution is 2.37. The molecule has 0 amide bonds. The summed E-state index contributed by atoms with van der Waals surface area (Å²) in [5.41, 5.74) is 1.16. The number of carbonyl (C=O) groups is 1. The lowest BCUT2D eigenvalue weighted by molar-refractivity contribution is -0.226. The average molecular weight is 466 g/mol. The molecule has 1 saturated heterocycles. The fourth-order valence-corrected chi connectivity index (χ4v) is 5.15. The van der Waals surface area contributed by atoms with Crippen LogP contribution >= 0.6 is 0 Å². The molecule has 2 aliphatic rings. The Hall–Kier alpha value is -2.88. The molecule has 32 heavy (non-hydrogen) atoms. The summed E-state index contributed by atoms with van der Waals surface area (Å²) in [7, 11) is -3.77. The maximum Gasteiger partial charge on any atom is 0.429 e. The van der Waals surface area contributed by atoms with Crippen LogP contribution in [0.3, 0.4) is 0 Å². The van der Waals surface area contributed by atoms with Crippen LogP contribution in [-0.4, -0.2) is 44.4 Å². The predicted molar refractivity (Wildman–Crippen MR) is 111 cm³/mol. The molecule has 0 aliphatic carbocycles. The first-order chi connectivity index (χ1) is 15.1. The molecule has 170 valence electrons. The average Bonchev–Trinajstić information content (AvgIpc) is 3.03. The van der Waals surface area contributed by atoms with E-state index in [0.717, 1.165) is 5.56 Å². The van der Waals surface area contributed by atoms with E-state index in [2.05, 4.69) is 4.40 Å². The number of fused-ring (bicyclic) bond motifs is 1. The Balaban J connectivity index is 1.44. The van der Waals surface area contributed by atoms with Crippen LogP contribution in [0.5, 0.6) is 0 Å². The number of hydrogen-bond donors (Lipinski definition) is 0. The van der Waals surface area contributed by atoms with Gasteiger partial charge in [0.15, 0.2) is 5.84 Å². The van der Waals surface area contributed by atoms with Crippen LogP contribution in [0.1, 0.15) is 35.6 Å². The number of benzene rings is 2. The van der Waals surface area contributed by atoms with E-state index in [1.165, 1.54) is 30.3 Å². The van der Waals surface area contributed by atoms with Gasteiger partial charge in [-0.2, -0.15) is 21.6 Å². The highest BCUT2D eigenvalue weighted by Gasteiger charge is 2.45. The lowest BCUT2D eigenvalue weighted by atomic mass is 9.96. The fraction of sp³-hybridized carbons (Fsp3) is 0.364. The SMILES string of the molecule is Cc1ccc(C(OC(=O)C2CCN(C3=NS(=O)(=O)c4ccccc43)CC2)C(F)(F)F)cc1. The molecule has 0 aromatic heterocycles. The zero-order valence-corrected chi connectivity index (χ0v) is 18.0. The second-order valence-corrected chi connectivity index (χ2v) is 9.49. The van der Waals surface area contributed by atoms with Crippen LogP contribution in [0.2, 0.25) is 0 Å². The number of ether oxygens (including phenoxy) is 1. The smallest absolute Gasteiger partial charge is 0.429 e. The second kappa shape index (κ2) is 8.23. The summed E-state index contributed by atoms with van der Waals surface area (Å²) in [6.45, 7) is 2.32. The van der Waals surface area contributed by atoms with Crippen molar-refractivity contribution in [3.05, 3.63) is 65.2 Å². The lowest BCUT2D eigenvalue weighted by Crippen LogP contribution is -2.41. The molecular weight excluding hydrogens is 445 g/mol. The minimum Gasteiger partial charge on any atom is -0.447 e. The molecule has 0 bridgehead atoms. The van der Waals surface area contributed by atoms with Crippen LogP contribution in [0.15, 0.2) is 57.8 Å². The third kappa shape index (κ3) is 4.36. The van der Waals surface area contributed by atoms with E-state index in [1.807, 2.05) is 0 Å². The number of rotatable bonds is 3. The molecule has 1 fully saturated rings. The van der Waals surface area contributed by atoms with E-state index in [9.17, 15) is 26.4 Å². The van der Waals surface area contributed by atoms with Gasteiger partial charge in [0.2, 0.25) is 6.10 Å². The Bertz CT molecular complexity index is 1150.